The van der Waals surface area contributed by atoms with Crippen LogP contribution in [-0.2, 0) is 0 Å². The fourth-order valence-corrected chi connectivity index (χ4v) is 9.72. The van der Waals surface area contributed by atoms with Gasteiger partial charge in [0.15, 0.2) is 0 Å². The lowest BCUT2D eigenvalue weighted by molar-refractivity contribution is 0.672. The molecule has 11 aromatic rings. The Morgan fingerprint density at radius 2 is 0.909 bits per heavy atom. The van der Waals surface area contributed by atoms with E-state index >= 15 is 0 Å². The molecule has 0 aliphatic rings. The minimum absolute atomic E-state index is 0.865. The first-order chi connectivity index (χ1) is 27.3. The van der Waals surface area contributed by atoms with E-state index in [0.717, 1.165) is 44.4 Å². The maximum Gasteiger partial charge on any atom is 0.143 e. The van der Waals surface area contributed by atoms with E-state index < -0.39 is 0 Å². The van der Waals surface area contributed by atoms with Gasteiger partial charge in [-0.3, -0.25) is 0 Å². The second-order valence-electron chi connectivity index (χ2n) is 14.0. The number of furan rings is 1. The molecule has 2 nitrogen and oxygen atoms in total. The summed E-state index contributed by atoms with van der Waals surface area (Å²) < 4.78 is 9.48. The second kappa shape index (κ2) is 12.9. The summed E-state index contributed by atoms with van der Waals surface area (Å²) in [6.45, 7) is 0. The Labute approximate surface area is 322 Å². The van der Waals surface area contributed by atoms with Crippen LogP contribution in [0.2, 0.25) is 0 Å². The molecule has 11 rings (SSSR count). The van der Waals surface area contributed by atoms with Crippen LogP contribution in [0, 0.1) is 0 Å². The molecule has 0 N–H and O–H groups in total. The third-order valence-corrected chi connectivity index (χ3v) is 12.2. The molecule has 0 unspecified atom stereocenters. The van der Waals surface area contributed by atoms with Gasteiger partial charge in [0.1, 0.15) is 11.2 Å². The zero-order valence-electron chi connectivity index (χ0n) is 29.8. The van der Waals surface area contributed by atoms with E-state index in [0.29, 0.717) is 0 Å². The lowest BCUT2D eigenvalue weighted by atomic mass is 9.94. The molecule has 258 valence electrons. The monoisotopic (exact) mass is 719 g/mol. The average molecular weight is 720 g/mol. The number of fused-ring (bicyclic) bond motifs is 8. The van der Waals surface area contributed by atoms with E-state index in [4.69, 9.17) is 4.42 Å². The van der Waals surface area contributed by atoms with E-state index in [9.17, 15) is 0 Å². The van der Waals surface area contributed by atoms with Crippen LogP contribution in [0.4, 0.5) is 17.1 Å². The van der Waals surface area contributed by atoms with Crippen molar-refractivity contribution >= 4 is 81.3 Å². The van der Waals surface area contributed by atoms with Gasteiger partial charge in [0.25, 0.3) is 0 Å². The van der Waals surface area contributed by atoms with Gasteiger partial charge in [0.2, 0.25) is 0 Å². The van der Waals surface area contributed by atoms with E-state index in [2.05, 4.69) is 205 Å². The van der Waals surface area contributed by atoms with Crippen LogP contribution >= 0.6 is 11.3 Å². The molecule has 0 aliphatic heterocycles. The standard InChI is InChI=1S/C52H33NOS/c1-4-15-34(16-5-1)35-29-31-38(32-30-35)53(37-19-8-3-9-20-37)47-27-14-28-48-49(47)46-33-45(40-21-10-11-22-41(40)50(46)54-48)44-26-13-25-43-42-24-12-23-39(51(42)55-52(43)44)36-17-6-2-7-18-36/h1-33H. The summed E-state index contributed by atoms with van der Waals surface area (Å²) in [7, 11) is 0. The zero-order valence-corrected chi connectivity index (χ0v) is 30.6. The SMILES string of the molecule is c1ccc(-c2ccc(N(c3ccccc3)c3cccc4oc5c6ccccc6c(-c6cccc7c6sc6c(-c8ccccc8)cccc67)cc5c34)cc2)cc1. The Bertz CT molecular complexity index is 3180. The van der Waals surface area contributed by atoms with Crippen molar-refractivity contribution in [1.29, 1.82) is 0 Å². The molecule has 0 spiro atoms. The summed E-state index contributed by atoms with van der Waals surface area (Å²) in [6, 6.07) is 71.9. The largest absolute Gasteiger partial charge is 0.455 e. The van der Waals surface area contributed by atoms with Gasteiger partial charge in [-0.1, -0.05) is 158 Å². The summed E-state index contributed by atoms with van der Waals surface area (Å²) >= 11 is 1.89. The van der Waals surface area contributed by atoms with E-state index in [1.165, 1.54) is 58.9 Å². The number of rotatable bonds is 6. The molecular formula is C52H33NOS. The Morgan fingerprint density at radius 1 is 0.364 bits per heavy atom. The Morgan fingerprint density at radius 3 is 1.64 bits per heavy atom. The molecule has 0 saturated heterocycles. The molecule has 0 bridgehead atoms. The van der Waals surface area contributed by atoms with Crippen molar-refractivity contribution in [3.05, 3.63) is 200 Å². The van der Waals surface area contributed by atoms with Gasteiger partial charge in [-0.15, -0.1) is 11.3 Å². The van der Waals surface area contributed by atoms with Gasteiger partial charge < -0.3 is 9.32 Å². The lowest BCUT2D eigenvalue weighted by Crippen LogP contribution is -2.10. The highest BCUT2D eigenvalue weighted by atomic mass is 32.1. The van der Waals surface area contributed by atoms with E-state index in [1.807, 2.05) is 11.3 Å². The van der Waals surface area contributed by atoms with Crippen LogP contribution in [0.15, 0.2) is 205 Å². The molecule has 0 amide bonds. The van der Waals surface area contributed by atoms with Gasteiger partial charge in [-0.25, -0.2) is 0 Å². The molecule has 9 aromatic carbocycles. The van der Waals surface area contributed by atoms with E-state index in [1.54, 1.807) is 0 Å². The van der Waals surface area contributed by atoms with Crippen LogP contribution in [-0.4, -0.2) is 0 Å². The van der Waals surface area contributed by atoms with Crippen LogP contribution in [0.5, 0.6) is 0 Å². The third-order valence-electron chi connectivity index (χ3n) is 10.9. The molecule has 2 aromatic heterocycles. The smallest absolute Gasteiger partial charge is 0.143 e. The van der Waals surface area contributed by atoms with Crippen LogP contribution < -0.4 is 4.90 Å². The minimum Gasteiger partial charge on any atom is -0.455 e. The van der Waals surface area contributed by atoms with Crippen molar-refractivity contribution < 1.29 is 4.42 Å². The van der Waals surface area contributed by atoms with Gasteiger partial charge in [0, 0.05) is 47.9 Å². The molecule has 0 aliphatic carbocycles. The highest BCUT2D eigenvalue weighted by molar-refractivity contribution is 7.26. The summed E-state index contributed by atoms with van der Waals surface area (Å²) in [4.78, 5) is 2.36. The Kier molecular flexibility index (Phi) is 7.39. The maximum atomic E-state index is 6.87. The van der Waals surface area contributed by atoms with Crippen LogP contribution in [0.3, 0.4) is 0 Å². The van der Waals surface area contributed by atoms with Crippen molar-refractivity contribution in [2.45, 2.75) is 0 Å². The van der Waals surface area contributed by atoms with E-state index in [-0.39, 0.29) is 0 Å². The maximum absolute atomic E-state index is 6.87. The van der Waals surface area contributed by atoms with Crippen LogP contribution in [0.25, 0.3) is 86.3 Å². The fraction of sp³-hybridized carbons (Fsp3) is 0. The third kappa shape index (κ3) is 5.16. The van der Waals surface area contributed by atoms with Crippen LogP contribution in [0.1, 0.15) is 0 Å². The first-order valence-corrected chi connectivity index (χ1v) is 19.5. The number of benzene rings is 9. The van der Waals surface area contributed by atoms with Crippen molar-refractivity contribution in [2.24, 2.45) is 0 Å². The molecule has 55 heavy (non-hydrogen) atoms. The fourth-order valence-electron chi connectivity index (χ4n) is 8.35. The quantitative estimate of drug-likeness (QED) is 0.170. The number of thiophene rings is 1. The topological polar surface area (TPSA) is 16.4 Å². The predicted molar refractivity (Wildman–Crippen MR) is 235 cm³/mol. The van der Waals surface area contributed by atoms with Gasteiger partial charge in [0.05, 0.1) is 11.1 Å². The van der Waals surface area contributed by atoms with Gasteiger partial charge >= 0.3 is 0 Å². The summed E-state index contributed by atoms with van der Waals surface area (Å²) in [5, 5.41) is 7.06. The number of anilines is 3. The minimum atomic E-state index is 0.865. The normalized spacial score (nSPS) is 11.6. The summed E-state index contributed by atoms with van der Waals surface area (Å²) in [5.74, 6) is 0. The predicted octanol–water partition coefficient (Wildman–Crippen LogP) is 15.6. The number of nitrogens with zero attached hydrogens (tertiary/aromatic N) is 1. The zero-order chi connectivity index (χ0) is 36.3. The molecule has 0 fully saturated rings. The number of para-hydroxylation sites is 1. The van der Waals surface area contributed by atoms with Gasteiger partial charge in [-0.05, 0) is 75.7 Å². The molecular weight excluding hydrogens is 687 g/mol. The molecule has 3 heteroatoms. The Balaban J connectivity index is 1.16. The highest BCUT2D eigenvalue weighted by Crippen LogP contribution is 2.49. The lowest BCUT2D eigenvalue weighted by Gasteiger charge is -2.26. The first-order valence-electron chi connectivity index (χ1n) is 18.7. The molecule has 2 heterocycles. The summed E-state index contributed by atoms with van der Waals surface area (Å²) in [5.41, 5.74) is 12.4. The van der Waals surface area contributed by atoms with Crippen molar-refractivity contribution in [3.8, 4) is 33.4 Å². The van der Waals surface area contributed by atoms with Crippen molar-refractivity contribution in [3.63, 3.8) is 0 Å². The second-order valence-corrected chi connectivity index (χ2v) is 15.0. The van der Waals surface area contributed by atoms with Gasteiger partial charge in [-0.2, -0.15) is 0 Å². The summed E-state index contributed by atoms with van der Waals surface area (Å²) in [6.07, 6.45) is 0. The molecule has 0 atom stereocenters. The first kappa shape index (κ1) is 31.6. The molecule has 0 radical (unpaired) electrons. The average Bonchev–Trinajstić information content (AvgIpc) is 3.84. The van der Waals surface area contributed by atoms with Crippen molar-refractivity contribution in [1.82, 2.24) is 0 Å². The number of hydrogen-bond donors (Lipinski definition) is 0. The van der Waals surface area contributed by atoms with Crippen molar-refractivity contribution in [2.75, 3.05) is 4.90 Å². The highest BCUT2D eigenvalue weighted by Gasteiger charge is 2.23. The number of hydrogen-bond acceptors (Lipinski definition) is 3. The molecule has 0 saturated carbocycles. The Hall–Kier alpha value is -6.94.